The maximum absolute atomic E-state index is 13.2. The van der Waals surface area contributed by atoms with Crippen LogP contribution in [-0.2, 0) is 16.6 Å². The summed E-state index contributed by atoms with van der Waals surface area (Å²) in [6.07, 6.45) is 2.43. The summed E-state index contributed by atoms with van der Waals surface area (Å²) in [6, 6.07) is 8.98. The number of ether oxygens (including phenoxy) is 1. The van der Waals surface area contributed by atoms with E-state index in [9.17, 15) is 14.4 Å². The molecule has 3 amide bonds. The van der Waals surface area contributed by atoms with Crippen LogP contribution in [0.3, 0.4) is 0 Å². The van der Waals surface area contributed by atoms with Gasteiger partial charge in [-0.15, -0.1) is 0 Å². The van der Waals surface area contributed by atoms with E-state index in [-0.39, 0.29) is 29.9 Å². The van der Waals surface area contributed by atoms with E-state index < -0.39 is 11.6 Å². The van der Waals surface area contributed by atoms with E-state index in [2.05, 4.69) is 10.6 Å². The molecule has 2 N–H and O–H groups in total. The van der Waals surface area contributed by atoms with Gasteiger partial charge in [0.05, 0.1) is 0 Å². The van der Waals surface area contributed by atoms with Gasteiger partial charge < -0.3 is 24.8 Å². The first kappa shape index (κ1) is 26.6. The molecule has 192 valence electrons. The van der Waals surface area contributed by atoms with Crippen molar-refractivity contribution in [1.82, 2.24) is 20.1 Å². The lowest BCUT2D eigenvalue weighted by molar-refractivity contribution is -0.124. The van der Waals surface area contributed by atoms with Crippen molar-refractivity contribution in [2.75, 3.05) is 13.1 Å². The van der Waals surface area contributed by atoms with E-state index in [1.54, 1.807) is 4.90 Å². The molecule has 0 bridgehead atoms. The van der Waals surface area contributed by atoms with E-state index in [1.165, 1.54) is 0 Å². The largest absolute Gasteiger partial charge is 0.444 e. The fraction of sp³-hybridized carbons (Fsp3) is 0.593. The molecule has 2 aromatic rings. The molecule has 35 heavy (non-hydrogen) atoms. The van der Waals surface area contributed by atoms with Crippen molar-refractivity contribution in [1.29, 1.82) is 0 Å². The molecule has 0 aliphatic carbocycles. The summed E-state index contributed by atoms with van der Waals surface area (Å²) in [4.78, 5) is 40.5. The summed E-state index contributed by atoms with van der Waals surface area (Å²) in [5.41, 5.74) is 0.953. The van der Waals surface area contributed by atoms with Crippen molar-refractivity contribution in [3.05, 3.63) is 36.0 Å². The zero-order chi connectivity index (χ0) is 25.8. The van der Waals surface area contributed by atoms with Crippen LogP contribution >= 0.6 is 0 Å². The van der Waals surface area contributed by atoms with Gasteiger partial charge in [0, 0.05) is 37.1 Å². The monoisotopic (exact) mass is 484 g/mol. The third-order valence-electron chi connectivity index (χ3n) is 6.24. The van der Waals surface area contributed by atoms with E-state index in [1.807, 2.05) is 76.6 Å². The third-order valence-corrected chi connectivity index (χ3v) is 6.24. The van der Waals surface area contributed by atoms with Crippen LogP contribution in [-0.4, -0.2) is 58.1 Å². The lowest BCUT2D eigenvalue weighted by Gasteiger charge is -2.26. The first-order valence-electron chi connectivity index (χ1n) is 12.6. The molecule has 8 nitrogen and oxygen atoms in total. The minimum atomic E-state index is -0.634. The Kier molecular flexibility index (Phi) is 8.46. The molecule has 0 radical (unpaired) electrons. The van der Waals surface area contributed by atoms with Gasteiger partial charge in [0.1, 0.15) is 17.3 Å². The summed E-state index contributed by atoms with van der Waals surface area (Å²) >= 11 is 0. The number of nitrogens with one attached hydrogen (secondary N) is 2. The highest BCUT2D eigenvalue weighted by Gasteiger charge is 2.29. The standard InChI is InChI=1S/C27H40N4O4/c1-18(2)16-21(29-25(33)23-17-19-10-7-8-12-22(19)30(23)6)24(32)28-20-11-9-14-31(15-13-20)26(34)35-27(3,4)5/h7-8,10,12,17-18,20-21H,9,11,13-16H2,1-6H3,(H,28,32)(H,29,33)/t20?,21-/m0/s1. The number of carbonyl (C=O) groups excluding carboxylic acids is 3. The molecule has 2 atom stereocenters. The van der Waals surface area contributed by atoms with Crippen LogP contribution in [0.1, 0.15) is 70.8 Å². The molecule has 1 aromatic carbocycles. The number of rotatable bonds is 6. The van der Waals surface area contributed by atoms with Crippen molar-refractivity contribution in [3.8, 4) is 0 Å². The van der Waals surface area contributed by atoms with Gasteiger partial charge in [-0.2, -0.15) is 0 Å². The Morgan fingerprint density at radius 3 is 2.49 bits per heavy atom. The first-order valence-corrected chi connectivity index (χ1v) is 12.6. The van der Waals surface area contributed by atoms with E-state index in [4.69, 9.17) is 4.74 Å². The Labute approximate surface area is 208 Å². The highest BCUT2D eigenvalue weighted by atomic mass is 16.6. The van der Waals surface area contributed by atoms with Crippen molar-refractivity contribution < 1.29 is 19.1 Å². The predicted octanol–water partition coefficient (Wildman–Crippen LogP) is 4.23. The second-order valence-electron chi connectivity index (χ2n) is 10.9. The number of fused-ring (bicyclic) bond motifs is 1. The SMILES string of the molecule is CC(C)C[C@H](NC(=O)c1cc2ccccc2n1C)C(=O)NC1CCCN(C(=O)OC(C)(C)C)CC1. The lowest BCUT2D eigenvalue weighted by Crippen LogP contribution is -2.50. The topological polar surface area (TPSA) is 92.7 Å². The van der Waals surface area contributed by atoms with Gasteiger partial charge in [0.15, 0.2) is 0 Å². The highest BCUT2D eigenvalue weighted by Crippen LogP contribution is 2.19. The number of hydrogen-bond acceptors (Lipinski definition) is 4. The van der Waals surface area contributed by atoms with Crippen molar-refractivity contribution in [2.24, 2.45) is 13.0 Å². The quantitative estimate of drug-likeness (QED) is 0.642. The summed E-state index contributed by atoms with van der Waals surface area (Å²) in [7, 11) is 1.86. The fourth-order valence-corrected chi connectivity index (χ4v) is 4.49. The van der Waals surface area contributed by atoms with Crippen LogP contribution in [0, 0.1) is 5.92 Å². The van der Waals surface area contributed by atoms with Crippen LogP contribution in [0.2, 0.25) is 0 Å². The van der Waals surface area contributed by atoms with Gasteiger partial charge >= 0.3 is 6.09 Å². The molecule has 0 saturated carbocycles. The van der Waals surface area contributed by atoms with Crippen LogP contribution in [0.4, 0.5) is 4.79 Å². The third kappa shape index (κ3) is 7.23. The number of amides is 3. The number of benzene rings is 1. The lowest BCUT2D eigenvalue weighted by atomic mass is 10.0. The van der Waals surface area contributed by atoms with E-state index >= 15 is 0 Å². The fourth-order valence-electron chi connectivity index (χ4n) is 4.49. The normalized spacial score (nSPS) is 17.7. The number of hydrogen-bond donors (Lipinski definition) is 2. The highest BCUT2D eigenvalue weighted by molar-refractivity contribution is 6.00. The van der Waals surface area contributed by atoms with E-state index in [0.717, 1.165) is 23.7 Å². The zero-order valence-electron chi connectivity index (χ0n) is 21.9. The Bertz CT molecular complexity index is 1050. The van der Waals surface area contributed by atoms with Crippen LogP contribution < -0.4 is 10.6 Å². The zero-order valence-corrected chi connectivity index (χ0v) is 21.9. The minimum Gasteiger partial charge on any atom is -0.444 e. The molecule has 3 rings (SSSR count). The smallest absolute Gasteiger partial charge is 0.410 e. The number of aromatic nitrogens is 1. The minimum absolute atomic E-state index is 0.0564. The summed E-state index contributed by atoms with van der Waals surface area (Å²) in [5.74, 6) is -0.210. The van der Waals surface area contributed by atoms with Crippen molar-refractivity contribution >= 4 is 28.8 Å². The Hall–Kier alpha value is -3.03. The van der Waals surface area contributed by atoms with Gasteiger partial charge in [-0.25, -0.2) is 4.79 Å². The maximum Gasteiger partial charge on any atom is 0.410 e. The Morgan fingerprint density at radius 1 is 1.11 bits per heavy atom. The summed E-state index contributed by atoms with van der Waals surface area (Å²) in [5, 5.41) is 7.08. The van der Waals surface area contributed by atoms with E-state index in [0.29, 0.717) is 31.6 Å². The maximum atomic E-state index is 13.2. The molecule has 1 aromatic heterocycles. The molecule has 2 heterocycles. The predicted molar refractivity (Wildman–Crippen MR) is 137 cm³/mol. The molecular weight excluding hydrogens is 444 g/mol. The second kappa shape index (κ2) is 11.1. The van der Waals surface area contributed by atoms with Gasteiger partial charge in [-0.05, 0) is 64.5 Å². The van der Waals surface area contributed by atoms with Gasteiger partial charge in [-0.3, -0.25) is 9.59 Å². The molecule has 1 aliphatic heterocycles. The molecule has 1 saturated heterocycles. The summed E-state index contributed by atoms with van der Waals surface area (Å²) < 4.78 is 7.35. The summed E-state index contributed by atoms with van der Waals surface area (Å²) in [6.45, 7) is 10.8. The van der Waals surface area contributed by atoms with Crippen LogP contribution in [0.5, 0.6) is 0 Å². The van der Waals surface area contributed by atoms with Crippen LogP contribution in [0.25, 0.3) is 10.9 Å². The van der Waals surface area contributed by atoms with Gasteiger partial charge in [0.25, 0.3) is 5.91 Å². The first-order chi connectivity index (χ1) is 16.4. The number of nitrogens with zero attached hydrogens (tertiary/aromatic N) is 2. The second-order valence-corrected chi connectivity index (χ2v) is 10.9. The van der Waals surface area contributed by atoms with Crippen LogP contribution in [0.15, 0.2) is 30.3 Å². The number of aryl methyl sites for hydroxylation is 1. The molecule has 1 aliphatic rings. The molecule has 1 fully saturated rings. The average Bonchev–Trinajstić information content (AvgIpc) is 2.93. The molecular formula is C27H40N4O4. The van der Waals surface area contributed by atoms with Crippen molar-refractivity contribution in [3.63, 3.8) is 0 Å². The Morgan fingerprint density at radius 2 is 1.83 bits per heavy atom. The van der Waals surface area contributed by atoms with Crippen molar-refractivity contribution in [2.45, 2.75) is 78.0 Å². The molecule has 1 unspecified atom stereocenters. The van der Waals surface area contributed by atoms with Gasteiger partial charge in [-0.1, -0.05) is 32.0 Å². The van der Waals surface area contributed by atoms with Gasteiger partial charge in [0.2, 0.25) is 5.91 Å². The number of likely N-dealkylation sites (tertiary alicyclic amines) is 1. The number of carbonyl (C=O) groups is 3. The average molecular weight is 485 g/mol. The Balaban J connectivity index is 1.64. The molecule has 0 spiro atoms. The number of para-hydroxylation sites is 1. The molecule has 8 heteroatoms.